The van der Waals surface area contributed by atoms with E-state index in [9.17, 15) is 19.7 Å². The maximum Gasteiger partial charge on any atom is 0.315 e. The molecule has 0 N–H and O–H groups in total. The second-order valence-corrected chi connectivity index (χ2v) is 10.2. The highest BCUT2D eigenvalue weighted by molar-refractivity contribution is 6.09. The summed E-state index contributed by atoms with van der Waals surface area (Å²) in [5.74, 6) is -0.849. The highest BCUT2D eigenvalue weighted by Gasteiger charge is 2.46. The monoisotopic (exact) mass is 506 g/mol. The van der Waals surface area contributed by atoms with Gasteiger partial charge in [0.25, 0.3) is 5.69 Å². The zero-order chi connectivity index (χ0) is 26.9. The molecule has 2 aromatic rings. The zero-order valence-corrected chi connectivity index (χ0v) is 21.6. The number of Topliss-reactive ketones (excluding diaryl/α,β-unsaturated/α-hetero) is 1. The fourth-order valence-corrected chi connectivity index (χ4v) is 5.11. The van der Waals surface area contributed by atoms with E-state index < -0.39 is 22.7 Å². The summed E-state index contributed by atoms with van der Waals surface area (Å²) in [5, 5.41) is 10.9. The number of methoxy groups -OCH3 is 2. The van der Waals surface area contributed by atoms with E-state index in [1.54, 1.807) is 31.2 Å². The van der Waals surface area contributed by atoms with Crippen molar-refractivity contribution in [3.8, 4) is 11.5 Å². The molecule has 1 aliphatic carbocycles. The lowest BCUT2D eigenvalue weighted by molar-refractivity contribution is -0.384. The number of nitro benzene ring substituents is 1. The van der Waals surface area contributed by atoms with Gasteiger partial charge in [0.15, 0.2) is 17.3 Å². The van der Waals surface area contributed by atoms with Crippen LogP contribution in [0.3, 0.4) is 0 Å². The Balaban J connectivity index is 1.69. The Bertz CT molecular complexity index is 1310. The second-order valence-electron chi connectivity index (χ2n) is 10.2. The fraction of sp³-hybridized carbons (Fsp3) is 0.393. The van der Waals surface area contributed by atoms with Crippen LogP contribution in [0.1, 0.15) is 50.7 Å². The predicted octanol–water partition coefficient (Wildman–Crippen LogP) is 5.17. The van der Waals surface area contributed by atoms with Crippen molar-refractivity contribution < 1.29 is 28.7 Å². The summed E-state index contributed by atoms with van der Waals surface area (Å²) in [6.07, 6.45) is 1.02. The van der Waals surface area contributed by atoms with E-state index in [1.165, 1.54) is 26.4 Å². The van der Waals surface area contributed by atoms with Crippen molar-refractivity contribution in [2.45, 2.75) is 46.1 Å². The first kappa shape index (κ1) is 26.1. The molecule has 9 heteroatoms. The van der Waals surface area contributed by atoms with E-state index in [1.807, 2.05) is 19.9 Å². The SMILES string of the molecule is COC(=O)C1C(C)=NC2=C(C(=O)CC(C)(C)C2)[C@H]1c1ccc(OCc2ccc([N+](=O)[O-])cc2)c(OC)c1. The summed E-state index contributed by atoms with van der Waals surface area (Å²) in [6.45, 7) is 6.06. The Morgan fingerprint density at radius 3 is 2.43 bits per heavy atom. The number of nitro groups is 1. The van der Waals surface area contributed by atoms with Gasteiger partial charge in [-0.1, -0.05) is 19.9 Å². The molecule has 194 valence electrons. The Morgan fingerprint density at radius 1 is 1.11 bits per heavy atom. The quantitative estimate of drug-likeness (QED) is 0.289. The highest BCUT2D eigenvalue weighted by atomic mass is 16.6. The normalized spacial score (nSPS) is 20.6. The van der Waals surface area contributed by atoms with Crippen LogP contribution in [-0.2, 0) is 20.9 Å². The number of nitrogens with zero attached hydrogens (tertiary/aromatic N) is 2. The molecule has 1 heterocycles. The van der Waals surface area contributed by atoms with Gasteiger partial charge in [0.1, 0.15) is 12.5 Å². The van der Waals surface area contributed by atoms with E-state index in [4.69, 9.17) is 19.2 Å². The first-order valence-electron chi connectivity index (χ1n) is 12.0. The average Bonchev–Trinajstić information content (AvgIpc) is 2.85. The molecule has 0 fully saturated rings. The Labute approximate surface area is 215 Å². The summed E-state index contributed by atoms with van der Waals surface area (Å²) in [6, 6.07) is 11.5. The van der Waals surface area contributed by atoms with Crippen LogP contribution in [0.4, 0.5) is 5.69 Å². The molecule has 0 aromatic heterocycles. The Kier molecular flexibility index (Phi) is 7.16. The fourth-order valence-electron chi connectivity index (χ4n) is 5.11. The lowest BCUT2D eigenvalue weighted by Gasteiger charge is -2.39. The topological polar surface area (TPSA) is 117 Å². The molecular weight excluding hydrogens is 476 g/mol. The standard InChI is InChI=1S/C28H30N2O7/c1-16-24(27(32)36-5)25(26-20(29-16)13-28(2,3)14-21(26)31)18-8-11-22(23(12-18)35-4)37-15-17-6-9-19(10-7-17)30(33)34/h6-12,24-25H,13-15H2,1-5H3/t24?,25-/m0/s1. The number of esters is 1. The average molecular weight is 507 g/mol. The van der Waals surface area contributed by atoms with E-state index in [-0.39, 0.29) is 23.5 Å². The number of ether oxygens (including phenoxy) is 3. The van der Waals surface area contributed by atoms with Gasteiger partial charge in [0, 0.05) is 41.5 Å². The number of ketones is 1. The molecule has 0 saturated carbocycles. The number of carbonyl (C=O) groups excluding carboxylic acids is 2. The molecule has 37 heavy (non-hydrogen) atoms. The van der Waals surface area contributed by atoms with Crippen molar-refractivity contribution in [2.24, 2.45) is 16.3 Å². The second kappa shape index (κ2) is 10.2. The number of hydrogen-bond acceptors (Lipinski definition) is 8. The molecule has 0 amide bonds. The number of hydrogen-bond donors (Lipinski definition) is 0. The van der Waals surface area contributed by atoms with Crippen LogP contribution >= 0.6 is 0 Å². The molecular formula is C28H30N2O7. The van der Waals surface area contributed by atoms with Crippen LogP contribution in [0, 0.1) is 21.4 Å². The summed E-state index contributed by atoms with van der Waals surface area (Å²) < 4.78 is 16.6. The molecule has 4 rings (SSSR count). The van der Waals surface area contributed by atoms with Crippen molar-refractivity contribution in [3.05, 3.63) is 75.0 Å². The number of benzene rings is 2. The summed E-state index contributed by atoms with van der Waals surface area (Å²) in [7, 11) is 2.85. The van der Waals surface area contributed by atoms with E-state index in [0.717, 1.165) is 16.8 Å². The Hall–Kier alpha value is -4.01. The minimum Gasteiger partial charge on any atom is -0.493 e. The maximum atomic E-state index is 13.4. The summed E-state index contributed by atoms with van der Waals surface area (Å²) >= 11 is 0. The van der Waals surface area contributed by atoms with E-state index in [0.29, 0.717) is 35.6 Å². The number of non-ortho nitro benzene ring substituents is 1. The molecule has 9 nitrogen and oxygen atoms in total. The molecule has 2 atom stereocenters. The summed E-state index contributed by atoms with van der Waals surface area (Å²) in [5.41, 5.74) is 3.17. The van der Waals surface area contributed by atoms with Crippen LogP contribution in [0.2, 0.25) is 0 Å². The van der Waals surface area contributed by atoms with Crippen molar-refractivity contribution in [1.82, 2.24) is 0 Å². The molecule has 2 aromatic carbocycles. The van der Waals surface area contributed by atoms with Gasteiger partial charge in [-0.3, -0.25) is 24.7 Å². The molecule has 1 unspecified atom stereocenters. The zero-order valence-electron chi connectivity index (χ0n) is 21.6. The number of carbonyl (C=O) groups is 2. The third kappa shape index (κ3) is 5.26. The van der Waals surface area contributed by atoms with Gasteiger partial charge in [-0.2, -0.15) is 0 Å². The van der Waals surface area contributed by atoms with E-state index >= 15 is 0 Å². The minimum atomic E-state index is -0.731. The maximum absolute atomic E-state index is 13.4. The van der Waals surface area contributed by atoms with Crippen molar-refractivity contribution in [3.63, 3.8) is 0 Å². The van der Waals surface area contributed by atoms with Crippen LogP contribution in [0.25, 0.3) is 0 Å². The number of allylic oxidation sites excluding steroid dienone is 2. The molecule has 1 aliphatic heterocycles. The first-order valence-corrected chi connectivity index (χ1v) is 12.0. The van der Waals surface area contributed by atoms with Crippen LogP contribution in [-0.4, -0.2) is 36.6 Å². The largest absolute Gasteiger partial charge is 0.493 e. The lowest BCUT2D eigenvalue weighted by atomic mass is 9.67. The Morgan fingerprint density at radius 2 is 1.81 bits per heavy atom. The number of aliphatic imine (C=N–C) groups is 1. The van der Waals surface area contributed by atoms with Crippen molar-refractivity contribution >= 4 is 23.2 Å². The van der Waals surface area contributed by atoms with Crippen LogP contribution < -0.4 is 9.47 Å². The minimum absolute atomic E-state index is 0.00600. The van der Waals surface area contributed by atoms with E-state index in [2.05, 4.69) is 0 Å². The molecule has 0 bridgehead atoms. The lowest BCUT2D eigenvalue weighted by Crippen LogP contribution is -2.39. The van der Waals surface area contributed by atoms with Gasteiger partial charge in [-0.25, -0.2) is 0 Å². The van der Waals surface area contributed by atoms with Crippen molar-refractivity contribution in [1.29, 1.82) is 0 Å². The first-order chi connectivity index (χ1) is 17.5. The van der Waals surface area contributed by atoms with Crippen molar-refractivity contribution in [2.75, 3.05) is 14.2 Å². The van der Waals surface area contributed by atoms with Gasteiger partial charge >= 0.3 is 5.97 Å². The third-order valence-electron chi connectivity index (χ3n) is 6.85. The summed E-state index contributed by atoms with van der Waals surface area (Å²) in [4.78, 5) is 41.4. The van der Waals surface area contributed by atoms with Gasteiger partial charge in [-0.15, -0.1) is 0 Å². The third-order valence-corrected chi connectivity index (χ3v) is 6.85. The number of rotatable bonds is 7. The molecule has 0 saturated heterocycles. The van der Waals surface area contributed by atoms with Gasteiger partial charge in [0.2, 0.25) is 0 Å². The molecule has 0 radical (unpaired) electrons. The smallest absolute Gasteiger partial charge is 0.315 e. The molecule has 2 aliphatic rings. The van der Waals surface area contributed by atoms with Crippen LogP contribution in [0.5, 0.6) is 11.5 Å². The highest BCUT2D eigenvalue weighted by Crippen LogP contribution is 2.48. The molecule has 0 spiro atoms. The van der Waals surface area contributed by atoms with Gasteiger partial charge in [0.05, 0.1) is 19.1 Å². The van der Waals surface area contributed by atoms with Gasteiger partial charge < -0.3 is 14.2 Å². The van der Waals surface area contributed by atoms with Crippen LogP contribution in [0.15, 0.2) is 58.7 Å². The predicted molar refractivity (Wildman–Crippen MR) is 137 cm³/mol. The van der Waals surface area contributed by atoms with Gasteiger partial charge in [-0.05, 0) is 54.2 Å².